The van der Waals surface area contributed by atoms with Gasteiger partial charge in [-0.1, -0.05) is 172 Å². The summed E-state index contributed by atoms with van der Waals surface area (Å²) in [5, 5.41) is 8.37. The van der Waals surface area contributed by atoms with Gasteiger partial charge in [-0.2, -0.15) is 9.97 Å². The van der Waals surface area contributed by atoms with Crippen molar-refractivity contribution in [2.24, 2.45) is 0 Å². The molecule has 0 aliphatic rings. The van der Waals surface area contributed by atoms with Crippen molar-refractivity contribution in [3.63, 3.8) is 0 Å². The van der Waals surface area contributed by atoms with E-state index in [1.165, 1.54) is 0 Å². The van der Waals surface area contributed by atoms with Gasteiger partial charge in [-0.25, -0.2) is 4.98 Å². The summed E-state index contributed by atoms with van der Waals surface area (Å²) in [6.45, 7) is 0.359. The lowest BCUT2D eigenvalue weighted by Crippen LogP contribution is -2.06. The van der Waals surface area contributed by atoms with Crippen LogP contribution in [0.4, 0.5) is 0 Å². The topological polar surface area (TPSA) is 83.0 Å². The fraction of sp³-hybridized carbons (Fsp3) is 0. The number of rotatable bonds is 18. The van der Waals surface area contributed by atoms with Gasteiger partial charge in [0.05, 0.1) is 11.0 Å². The van der Waals surface area contributed by atoms with Gasteiger partial charge in [0.15, 0.2) is 11.6 Å². The molecule has 17 atom stereocenters. The summed E-state index contributed by atoms with van der Waals surface area (Å²) >= 11 is 0. The Hall–Kier alpha value is 2.02. The van der Waals surface area contributed by atoms with Gasteiger partial charge in [-0.05, 0) is 166 Å². The second-order valence-corrected chi connectivity index (χ2v) is 128. The quantitative estimate of drug-likeness (QED) is 0.0796. The summed E-state index contributed by atoms with van der Waals surface area (Å²) in [5.74, 6) is 1.65. The van der Waals surface area contributed by atoms with Crippen LogP contribution in [0.3, 0.4) is 0 Å². The molecule has 5 aromatic heterocycles. The summed E-state index contributed by atoms with van der Waals surface area (Å²) < 4.78 is 22.0. The van der Waals surface area contributed by atoms with Crippen LogP contribution < -0.4 is 0 Å². The molecule has 0 radical (unpaired) electrons. The van der Waals surface area contributed by atoms with Crippen molar-refractivity contribution in [2.45, 2.75) is 0 Å². The molecule has 490 valence electrons. The standard InChI is InChI=1S/C63H36N4O3.H29P27/c1-3-15-37(16-4-1)39-31-33-51-48(35-39)42-19-7-9-26-50(42)67(51)63-65-61(38-17-5-2-6-18-38)64-62(66-63)47-25-14-29-55-59(47)49-36-40(32-34-53(49)69-55)41-21-12-30-56-57(41)46-24-11-23-44(60(46)70-56)43-22-13-28-54-58(43)45-20-8-10-27-52(45)68-54;1-15-22(14)26(23(16(2)3)17(4)5)27(24(18(6)7)19(8)9)25(20(10)11)21(12)13/h1-36H;15H,1-14H2. The Balaban J connectivity index is 0.000000255. The van der Waals surface area contributed by atoms with E-state index in [0.29, 0.717) is 17.6 Å². The number of aromatic nitrogens is 4. The van der Waals surface area contributed by atoms with Crippen molar-refractivity contribution in [3.05, 3.63) is 218 Å². The van der Waals surface area contributed by atoms with Crippen molar-refractivity contribution in [1.82, 2.24) is 19.5 Å². The van der Waals surface area contributed by atoms with Crippen molar-refractivity contribution in [2.75, 3.05) is 0 Å². The average molecular weight is 1760 g/mol. The third-order valence-corrected chi connectivity index (χ3v) is 192. The summed E-state index contributed by atoms with van der Waals surface area (Å²) in [5.41, 5.74) is 15.1. The Morgan fingerprint density at radius 1 is 0.299 bits per heavy atom. The van der Waals surface area contributed by atoms with Gasteiger partial charge in [-0.15, -0.1) is 125 Å². The lowest BCUT2D eigenvalue weighted by atomic mass is 9.95. The maximum atomic E-state index is 6.85. The van der Waals surface area contributed by atoms with E-state index in [0.717, 1.165) is 140 Å². The van der Waals surface area contributed by atoms with E-state index in [9.17, 15) is 0 Å². The SMILES string of the molecule is PPP(P)P(P(P(P)P)P(P)P)P(P(P(P)P)P(P)P)P(P(P)P)P(P)P.c1ccc(-c2ccc3c(c2)c2ccccc2n3-c2nc(-c3ccccc3)nc(-c3cccc4oc5ccc(-c6cccc7oc8c(-c9cccc%10oc%11ccccc%11c9%10)cccc8c67)cc5c34)n2)cc1. The van der Waals surface area contributed by atoms with E-state index in [1.54, 1.807) is 0 Å². The van der Waals surface area contributed by atoms with Crippen molar-refractivity contribution >= 4 is 304 Å². The lowest BCUT2D eigenvalue weighted by molar-refractivity contribution is 0.668. The zero-order valence-electron chi connectivity index (χ0n) is 51.2. The zero-order chi connectivity index (χ0) is 67.5. The van der Waals surface area contributed by atoms with E-state index in [-0.39, 0.29) is 83.8 Å². The second-order valence-electron chi connectivity index (χ2n) is 21.9. The maximum absolute atomic E-state index is 6.85. The first-order chi connectivity index (χ1) is 47.0. The Kier molecular flexibility index (Phi) is 26.5. The van der Waals surface area contributed by atoms with Crippen LogP contribution in [0.15, 0.2) is 232 Å². The van der Waals surface area contributed by atoms with Crippen LogP contribution in [-0.4, -0.2) is 19.5 Å². The molecule has 15 aromatic rings. The highest BCUT2D eigenvalue weighted by Gasteiger charge is 2.48. The molecule has 7 nitrogen and oxygen atoms in total. The number of fused-ring (bicyclic) bond motifs is 12. The number of benzene rings is 10. The molecule has 17 unspecified atom stereocenters. The highest BCUT2D eigenvalue weighted by atomic mass is 33.5. The molecule has 34 heteroatoms. The number of nitrogens with zero attached hydrogens (tertiary/aromatic N) is 4. The number of para-hydroxylation sites is 3. The fourth-order valence-corrected chi connectivity index (χ4v) is 356. The van der Waals surface area contributed by atoms with Gasteiger partial charge in [0.1, 0.15) is 33.5 Å². The van der Waals surface area contributed by atoms with E-state index >= 15 is 0 Å². The molecule has 0 N–H and O–H groups in total. The molecular formula is C63H65N4O3P27. The largest absolute Gasteiger partial charge is 0.456 e. The summed E-state index contributed by atoms with van der Waals surface area (Å²) in [6, 6.07) is 75.5. The third-order valence-electron chi connectivity index (χ3n) is 16.1. The van der Waals surface area contributed by atoms with E-state index in [2.05, 4.69) is 281 Å². The number of hydrogen-bond acceptors (Lipinski definition) is 6. The van der Waals surface area contributed by atoms with Crippen LogP contribution in [0, 0.1) is 0 Å². The number of hydrogen-bond donors (Lipinski definition) is 0. The van der Waals surface area contributed by atoms with Crippen LogP contribution >= 0.6 is 217 Å². The maximum Gasteiger partial charge on any atom is 0.238 e. The van der Waals surface area contributed by atoms with E-state index < -0.39 is 0 Å². The minimum absolute atomic E-state index is 0.0165. The Labute approximate surface area is 611 Å². The Morgan fingerprint density at radius 3 is 1.39 bits per heavy atom. The molecule has 5 heterocycles. The molecule has 15 rings (SSSR count). The molecule has 0 amide bonds. The smallest absolute Gasteiger partial charge is 0.238 e. The minimum Gasteiger partial charge on any atom is -0.456 e. The summed E-state index contributed by atoms with van der Waals surface area (Å²) in [4.78, 5) is 15.9. The van der Waals surface area contributed by atoms with Crippen molar-refractivity contribution in [1.29, 1.82) is 0 Å². The molecule has 97 heavy (non-hydrogen) atoms. The molecule has 0 spiro atoms. The molecular weight excluding hydrogens is 1700 g/mol. The van der Waals surface area contributed by atoms with Crippen LogP contribution in [0.1, 0.15) is 0 Å². The molecule has 0 aliphatic heterocycles. The van der Waals surface area contributed by atoms with Gasteiger partial charge in [-0.3, -0.25) is 4.57 Å². The van der Waals surface area contributed by atoms with Gasteiger partial charge in [0, 0.05) is 59.8 Å². The van der Waals surface area contributed by atoms with Gasteiger partial charge in [0.25, 0.3) is 0 Å². The van der Waals surface area contributed by atoms with Gasteiger partial charge < -0.3 is 13.3 Å². The van der Waals surface area contributed by atoms with Gasteiger partial charge in [0.2, 0.25) is 5.95 Å². The first-order valence-electron chi connectivity index (χ1n) is 29.5. The molecule has 10 aromatic carbocycles. The average Bonchev–Trinajstić information content (AvgIpc) is 1.53. The molecule has 0 saturated heterocycles. The van der Waals surface area contributed by atoms with E-state index in [1.807, 2.05) is 66.7 Å². The lowest BCUT2D eigenvalue weighted by Gasteiger charge is -2.50. The monoisotopic (exact) mass is 1760 g/mol. The minimum atomic E-state index is -0.0251. The first kappa shape index (κ1) is 75.8. The summed E-state index contributed by atoms with van der Waals surface area (Å²) in [7, 11) is 46.6. The van der Waals surface area contributed by atoms with Crippen LogP contribution in [-0.2, 0) is 0 Å². The highest BCUT2D eigenvalue weighted by Crippen LogP contribution is 3.36. The van der Waals surface area contributed by atoms with E-state index in [4.69, 9.17) is 28.2 Å². The predicted octanol–water partition coefficient (Wildman–Crippen LogP) is 32.5. The van der Waals surface area contributed by atoms with Crippen LogP contribution in [0.25, 0.3) is 150 Å². The summed E-state index contributed by atoms with van der Waals surface area (Å²) in [6.07, 6.45) is 0. The number of furan rings is 3. The highest BCUT2D eigenvalue weighted by molar-refractivity contribution is 9.42. The zero-order valence-corrected chi connectivity index (χ0v) is 79.1. The van der Waals surface area contributed by atoms with Crippen molar-refractivity contribution < 1.29 is 13.3 Å². The Morgan fingerprint density at radius 2 is 0.753 bits per heavy atom. The fourth-order valence-electron chi connectivity index (χ4n) is 12.2. The normalized spacial score (nSPS) is 13.2. The molecule has 0 fully saturated rings. The molecule has 0 bridgehead atoms. The molecule has 0 saturated carbocycles. The second kappa shape index (κ2) is 33.9. The predicted molar refractivity (Wildman–Crippen MR) is 510 cm³/mol. The van der Waals surface area contributed by atoms with Crippen molar-refractivity contribution in [3.8, 4) is 62.1 Å². The first-order valence-corrected chi connectivity index (χ1v) is 78.0. The van der Waals surface area contributed by atoms with Crippen LogP contribution in [0.2, 0.25) is 0 Å². The van der Waals surface area contributed by atoms with Crippen LogP contribution in [0.5, 0.6) is 0 Å². The molecule has 0 aliphatic carbocycles. The Bertz CT molecular complexity index is 5350. The van der Waals surface area contributed by atoms with Gasteiger partial charge >= 0.3 is 0 Å². The third kappa shape index (κ3) is 15.7.